The quantitative estimate of drug-likeness (QED) is 0.407. The molecule has 0 aliphatic carbocycles. The van der Waals surface area contributed by atoms with E-state index in [1.54, 1.807) is 35.8 Å². The summed E-state index contributed by atoms with van der Waals surface area (Å²) in [5, 5.41) is 12.1. The highest BCUT2D eigenvalue weighted by Gasteiger charge is 2.19. The summed E-state index contributed by atoms with van der Waals surface area (Å²) < 4.78 is 6.88. The monoisotopic (exact) mass is 324 g/mol. The molecule has 6 nitrogen and oxygen atoms in total. The molecule has 0 atom stereocenters. The molecule has 24 heavy (non-hydrogen) atoms. The minimum Gasteiger partial charge on any atom is -0.461 e. The Morgan fingerprint density at radius 2 is 1.88 bits per heavy atom. The number of carbonyl (C=O) groups is 1. The van der Waals surface area contributed by atoms with Crippen molar-refractivity contribution in [1.29, 1.82) is 0 Å². The zero-order chi connectivity index (χ0) is 17.1. The molecule has 0 radical (unpaired) electrons. The van der Waals surface area contributed by atoms with E-state index in [9.17, 15) is 14.9 Å². The Labute approximate surface area is 138 Å². The molecule has 0 unspecified atom stereocenters. The fourth-order valence-electron chi connectivity index (χ4n) is 2.75. The van der Waals surface area contributed by atoms with E-state index in [0.717, 1.165) is 10.9 Å². The van der Waals surface area contributed by atoms with Crippen LogP contribution in [0.15, 0.2) is 54.6 Å². The smallest absolute Gasteiger partial charge is 0.354 e. The standard InChI is InChI=1S/C18H16N2O4/c1-2-24-18(21)17-11-13-7-3-5-9-15(13)19(17)12-14-8-4-6-10-16(14)20(22)23/h3-11H,2,12H2,1H3. The van der Waals surface area contributed by atoms with Crippen LogP contribution >= 0.6 is 0 Å². The number of nitro benzene ring substituents is 1. The number of nitrogens with zero attached hydrogens (tertiary/aromatic N) is 2. The lowest BCUT2D eigenvalue weighted by atomic mass is 10.1. The average molecular weight is 324 g/mol. The van der Waals surface area contributed by atoms with Gasteiger partial charge in [-0.3, -0.25) is 10.1 Å². The molecule has 1 aromatic heterocycles. The Bertz CT molecular complexity index is 914. The summed E-state index contributed by atoms with van der Waals surface area (Å²) in [6.45, 7) is 2.23. The Hall–Kier alpha value is -3.15. The van der Waals surface area contributed by atoms with Gasteiger partial charge in [-0.1, -0.05) is 36.4 Å². The van der Waals surface area contributed by atoms with Gasteiger partial charge in [-0.25, -0.2) is 4.79 Å². The highest BCUT2D eigenvalue weighted by molar-refractivity contribution is 5.95. The molecule has 0 spiro atoms. The molecule has 0 amide bonds. The van der Waals surface area contributed by atoms with E-state index in [1.807, 2.05) is 24.3 Å². The van der Waals surface area contributed by atoms with Gasteiger partial charge in [0.15, 0.2) is 0 Å². The molecular formula is C18H16N2O4. The zero-order valence-corrected chi connectivity index (χ0v) is 13.1. The molecular weight excluding hydrogens is 308 g/mol. The van der Waals surface area contributed by atoms with Crippen LogP contribution < -0.4 is 0 Å². The molecule has 6 heteroatoms. The van der Waals surface area contributed by atoms with Crippen molar-refractivity contribution in [2.24, 2.45) is 0 Å². The normalized spacial score (nSPS) is 10.7. The van der Waals surface area contributed by atoms with Crippen LogP contribution in [0.5, 0.6) is 0 Å². The van der Waals surface area contributed by atoms with Crippen molar-refractivity contribution in [3.63, 3.8) is 0 Å². The van der Waals surface area contributed by atoms with Crippen molar-refractivity contribution >= 4 is 22.6 Å². The number of benzene rings is 2. The maximum atomic E-state index is 12.3. The Balaban J connectivity index is 2.13. The van der Waals surface area contributed by atoms with Crippen molar-refractivity contribution in [2.45, 2.75) is 13.5 Å². The Morgan fingerprint density at radius 1 is 1.17 bits per heavy atom. The minimum absolute atomic E-state index is 0.0325. The molecule has 1 heterocycles. The van der Waals surface area contributed by atoms with Gasteiger partial charge >= 0.3 is 5.97 Å². The predicted octanol–water partition coefficient (Wildman–Crippen LogP) is 3.77. The van der Waals surface area contributed by atoms with Crippen molar-refractivity contribution < 1.29 is 14.5 Å². The summed E-state index contributed by atoms with van der Waals surface area (Å²) in [5.74, 6) is -0.438. The number of hydrogen-bond acceptors (Lipinski definition) is 4. The van der Waals surface area contributed by atoms with E-state index in [1.165, 1.54) is 6.07 Å². The first kappa shape index (κ1) is 15.7. The lowest BCUT2D eigenvalue weighted by molar-refractivity contribution is -0.385. The first-order valence-electron chi connectivity index (χ1n) is 7.59. The van der Waals surface area contributed by atoms with Crippen molar-refractivity contribution in [3.05, 3.63) is 76.0 Å². The number of nitro groups is 1. The first-order chi connectivity index (χ1) is 11.6. The van der Waals surface area contributed by atoms with Crippen LogP contribution in [0.4, 0.5) is 5.69 Å². The van der Waals surface area contributed by atoms with Gasteiger partial charge in [-0.05, 0) is 19.1 Å². The molecule has 3 rings (SSSR count). The van der Waals surface area contributed by atoms with Gasteiger partial charge in [0, 0.05) is 22.5 Å². The number of fused-ring (bicyclic) bond motifs is 1. The van der Waals surface area contributed by atoms with Gasteiger partial charge in [0.2, 0.25) is 0 Å². The van der Waals surface area contributed by atoms with Crippen LogP contribution in [0, 0.1) is 10.1 Å². The van der Waals surface area contributed by atoms with Crippen LogP contribution in [-0.2, 0) is 11.3 Å². The van der Waals surface area contributed by atoms with E-state index in [2.05, 4.69) is 0 Å². The third kappa shape index (κ3) is 2.86. The van der Waals surface area contributed by atoms with E-state index < -0.39 is 10.9 Å². The fourth-order valence-corrected chi connectivity index (χ4v) is 2.75. The Kier molecular flexibility index (Phi) is 4.29. The number of aromatic nitrogens is 1. The van der Waals surface area contributed by atoms with Crippen LogP contribution in [0.2, 0.25) is 0 Å². The minimum atomic E-state index is -0.438. The summed E-state index contributed by atoms with van der Waals surface area (Å²) in [6.07, 6.45) is 0. The van der Waals surface area contributed by atoms with Crippen molar-refractivity contribution in [1.82, 2.24) is 4.57 Å². The van der Waals surface area contributed by atoms with Crippen LogP contribution in [0.25, 0.3) is 10.9 Å². The molecule has 0 bridgehead atoms. The van der Waals surface area contributed by atoms with Gasteiger partial charge < -0.3 is 9.30 Å². The third-order valence-corrected chi connectivity index (χ3v) is 3.81. The maximum absolute atomic E-state index is 12.3. The topological polar surface area (TPSA) is 74.4 Å². The van der Waals surface area contributed by atoms with Crippen molar-refractivity contribution in [2.75, 3.05) is 6.61 Å². The number of esters is 1. The van der Waals surface area contributed by atoms with Crippen LogP contribution in [0.3, 0.4) is 0 Å². The predicted molar refractivity (Wildman–Crippen MR) is 90.1 cm³/mol. The fraction of sp³-hybridized carbons (Fsp3) is 0.167. The zero-order valence-electron chi connectivity index (χ0n) is 13.1. The highest BCUT2D eigenvalue weighted by Crippen LogP contribution is 2.25. The van der Waals surface area contributed by atoms with Gasteiger partial charge in [0.25, 0.3) is 5.69 Å². The molecule has 0 saturated carbocycles. The average Bonchev–Trinajstić information content (AvgIpc) is 2.94. The summed E-state index contributed by atoms with van der Waals surface area (Å²) in [4.78, 5) is 23.1. The van der Waals surface area contributed by atoms with Crippen LogP contribution in [0.1, 0.15) is 23.0 Å². The van der Waals surface area contributed by atoms with E-state index in [4.69, 9.17) is 4.74 Å². The number of ether oxygens (including phenoxy) is 1. The van der Waals surface area contributed by atoms with E-state index in [0.29, 0.717) is 11.3 Å². The number of hydrogen-bond donors (Lipinski definition) is 0. The molecule has 3 aromatic rings. The largest absolute Gasteiger partial charge is 0.461 e. The summed E-state index contributed by atoms with van der Waals surface area (Å²) in [5.41, 5.74) is 1.79. The summed E-state index contributed by atoms with van der Waals surface area (Å²) in [6, 6.07) is 15.8. The molecule has 0 aliphatic rings. The number of para-hydroxylation sites is 2. The van der Waals surface area contributed by atoms with Gasteiger partial charge in [-0.2, -0.15) is 0 Å². The second kappa shape index (κ2) is 6.54. The second-order valence-corrected chi connectivity index (χ2v) is 5.28. The maximum Gasteiger partial charge on any atom is 0.354 e. The Morgan fingerprint density at radius 3 is 2.62 bits per heavy atom. The summed E-state index contributed by atoms with van der Waals surface area (Å²) >= 11 is 0. The number of carbonyl (C=O) groups excluding carboxylic acids is 1. The molecule has 0 N–H and O–H groups in total. The highest BCUT2D eigenvalue weighted by atomic mass is 16.6. The molecule has 0 aliphatic heterocycles. The third-order valence-electron chi connectivity index (χ3n) is 3.81. The number of rotatable bonds is 5. The van der Waals surface area contributed by atoms with E-state index >= 15 is 0 Å². The van der Waals surface area contributed by atoms with Crippen LogP contribution in [-0.4, -0.2) is 22.1 Å². The van der Waals surface area contributed by atoms with Gasteiger partial charge in [0.05, 0.1) is 18.1 Å². The molecule has 0 saturated heterocycles. The van der Waals surface area contributed by atoms with Crippen molar-refractivity contribution in [3.8, 4) is 0 Å². The molecule has 2 aromatic carbocycles. The first-order valence-corrected chi connectivity index (χ1v) is 7.59. The lowest BCUT2D eigenvalue weighted by Gasteiger charge is -2.10. The summed E-state index contributed by atoms with van der Waals surface area (Å²) in [7, 11) is 0. The van der Waals surface area contributed by atoms with Gasteiger partial charge in [0.1, 0.15) is 5.69 Å². The second-order valence-electron chi connectivity index (χ2n) is 5.28. The molecule has 122 valence electrons. The lowest BCUT2D eigenvalue weighted by Crippen LogP contribution is -2.13. The van der Waals surface area contributed by atoms with Gasteiger partial charge in [-0.15, -0.1) is 0 Å². The van der Waals surface area contributed by atoms with E-state index in [-0.39, 0.29) is 18.8 Å². The SMILES string of the molecule is CCOC(=O)c1cc2ccccc2n1Cc1ccccc1[N+](=O)[O-]. The molecule has 0 fully saturated rings.